The third-order valence-electron chi connectivity index (χ3n) is 3.71. The first-order chi connectivity index (χ1) is 12.4. The Morgan fingerprint density at radius 1 is 1.35 bits per heavy atom. The Morgan fingerprint density at radius 3 is 2.85 bits per heavy atom. The highest BCUT2D eigenvalue weighted by molar-refractivity contribution is 6.32. The van der Waals surface area contributed by atoms with Gasteiger partial charge in [0.1, 0.15) is 18.1 Å². The molecule has 0 amide bonds. The number of hydrogen-bond acceptors (Lipinski definition) is 5. The second kappa shape index (κ2) is 7.53. The molecule has 0 unspecified atom stereocenters. The van der Waals surface area contributed by atoms with Crippen molar-refractivity contribution >= 4 is 17.6 Å². The van der Waals surface area contributed by atoms with E-state index in [2.05, 4.69) is 15.1 Å². The molecule has 1 N–H and O–H groups in total. The first kappa shape index (κ1) is 17.9. The molecule has 26 heavy (non-hydrogen) atoms. The first-order valence-electron chi connectivity index (χ1n) is 8.04. The number of aromatic nitrogens is 4. The number of hydrogen-bond donors (Lipinski definition) is 1. The normalized spacial score (nSPS) is 10.7. The molecule has 0 spiro atoms. The summed E-state index contributed by atoms with van der Waals surface area (Å²) in [6.45, 7) is 3.62. The number of aromatic amines is 1. The molecule has 7 nitrogen and oxygen atoms in total. The van der Waals surface area contributed by atoms with Crippen molar-refractivity contribution in [1.82, 2.24) is 19.7 Å². The molecule has 1 aromatic carbocycles. The summed E-state index contributed by atoms with van der Waals surface area (Å²) >= 11 is 6.13. The van der Waals surface area contributed by atoms with Crippen LogP contribution in [0.4, 0.5) is 0 Å². The molecular weight excluding hydrogens is 356 g/mol. The number of carbonyl (C=O) groups is 1. The Bertz CT molecular complexity index is 1010. The Labute approximate surface area is 154 Å². The third kappa shape index (κ3) is 4.18. The minimum Gasteiger partial charge on any atom is -0.424 e. The number of esters is 1. The zero-order valence-electron chi connectivity index (χ0n) is 14.3. The van der Waals surface area contributed by atoms with Gasteiger partial charge < -0.3 is 9.72 Å². The molecule has 8 heteroatoms. The molecule has 3 rings (SSSR count). The minimum atomic E-state index is -0.499. The van der Waals surface area contributed by atoms with Gasteiger partial charge in [0, 0.05) is 17.8 Å². The topological polar surface area (TPSA) is 89.9 Å². The molecule has 0 saturated carbocycles. The van der Waals surface area contributed by atoms with Crippen LogP contribution in [0.25, 0.3) is 11.3 Å². The van der Waals surface area contributed by atoms with Crippen molar-refractivity contribution in [3.05, 3.63) is 63.4 Å². The van der Waals surface area contributed by atoms with Gasteiger partial charge in [0.2, 0.25) is 0 Å². The predicted octanol–water partition coefficient (Wildman–Crippen LogP) is 2.76. The van der Waals surface area contributed by atoms with E-state index in [0.29, 0.717) is 27.9 Å². The van der Waals surface area contributed by atoms with Crippen LogP contribution in [-0.2, 0) is 17.8 Å². The number of halogens is 1. The van der Waals surface area contributed by atoms with Crippen LogP contribution in [0.15, 0.2) is 41.5 Å². The number of carbonyl (C=O) groups excluding carboxylic acids is 1. The number of rotatable bonds is 5. The number of nitrogens with zero attached hydrogens (tertiary/aromatic N) is 3. The lowest BCUT2D eigenvalue weighted by atomic mass is 10.2. The monoisotopic (exact) mass is 372 g/mol. The van der Waals surface area contributed by atoms with Gasteiger partial charge in [-0.3, -0.25) is 9.48 Å². The van der Waals surface area contributed by atoms with Crippen LogP contribution in [0.3, 0.4) is 0 Å². The second-order valence-electron chi connectivity index (χ2n) is 5.74. The summed E-state index contributed by atoms with van der Waals surface area (Å²) in [5.74, 6) is 0.318. The molecule has 134 valence electrons. The van der Waals surface area contributed by atoms with E-state index in [1.54, 1.807) is 25.3 Å². The second-order valence-corrected chi connectivity index (χ2v) is 6.14. The molecule has 2 aromatic heterocycles. The van der Waals surface area contributed by atoms with Gasteiger partial charge in [0.25, 0.3) is 5.56 Å². The lowest BCUT2D eigenvalue weighted by molar-refractivity contribution is -0.135. The highest BCUT2D eigenvalue weighted by Crippen LogP contribution is 2.26. The van der Waals surface area contributed by atoms with Crippen LogP contribution in [-0.4, -0.2) is 25.7 Å². The van der Waals surface area contributed by atoms with E-state index in [4.69, 9.17) is 16.3 Å². The molecule has 0 aliphatic rings. The van der Waals surface area contributed by atoms with Gasteiger partial charge in [-0.1, -0.05) is 24.6 Å². The van der Waals surface area contributed by atoms with Gasteiger partial charge in [-0.15, -0.1) is 0 Å². The van der Waals surface area contributed by atoms with Crippen LogP contribution < -0.4 is 10.3 Å². The molecule has 3 aromatic rings. The summed E-state index contributed by atoms with van der Waals surface area (Å²) in [6.07, 6.45) is 4.02. The molecular formula is C18H17ClN4O3. The highest BCUT2D eigenvalue weighted by Gasteiger charge is 2.12. The fourth-order valence-electron chi connectivity index (χ4n) is 2.44. The molecule has 0 aliphatic heterocycles. The van der Waals surface area contributed by atoms with Crippen molar-refractivity contribution in [2.24, 2.45) is 0 Å². The number of aryl methyl sites for hydroxylation is 2. The van der Waals surface area contributed by atoms with Crippen LogP contribution in [0, 0.1) is 6.92 Å². The Balaban J connectivity index is 1.71. The lowest BCUT2D eigenvalue weighted by Gasteiger charge is -2.07. The summed E-state index contributed by atoms with van der Waals surface area (Å²) in [5, 5.41) is 4.50. The molecule has 0 atom stereocenters. The Hall–Kier alpha value is -2.93. The SMILES string of the molecule is CCc1ccc(OC(=O)Cn2cc(-c3cc(=O)[nH]c(C)n3)cn2)c(Cl)c1. The number of ether oxygens (including phenoxy) is 1. The maximum Gasteiger partial charge on any atom is 0.333 e. The molecule has 0 radical (unpaired) electrons. The zero-order chi connectivity index (χ0) is 18.7. The van der Waals surface area contributed by atoms with Gasteiger partial charge in [0.05, 0.1) is 16.9 Å². The van der Waals surface area contributed by atoms with Crippen molar-refractivity contribution in [1.29, 1.82) is 0 Å². The number of H-pyrrole nitrogens is 1. The van der Waals surface area contributed by atoms with E-state index in [0.717, 1.165) is 12.0 Å². The number of benzene rings is 1. The van der Waals surface area contributed by atoms with Gasteiger partial charge in [-0.25, -0.2) is 9.78 Å². The van der Waals surface area contributed by atoms with E-state index >= 15 is 0 Å². The smallest absolute Gasteiger partial charge is 0.333 e. The summed E-state index contributed by atoms with van der Waals surface area (Å²) < 4.78 is 6.72. The lowest BCUT2D eigenvalue weighted by Crippen LogP contribution is -2.16. The summed E-state index contributed by atoms with van der Waals surface area (Å²) in [4.78, 5) is 30.5. The molecule has 0 aliphatic carbocycles. The van der Waals surface area contributed by atoms with Crippen LogP contribution in [0.1, 0.15) is 18.3 Å². The van der Waals surface area contributed by atoms with Crippen LogP contribution in [0.2, 0.25) is 5.02 Å². The number of nitrogens with one attached hydrogen (secondary N) is 1. The average Bonchev–Trinajstić information content (AvgIpc) is 3.04. The average molecular weight is 373 g/mol. The minimum absolute atomic E-state index is 0.0893. The van der Waals surface area contributed by atoms with Crippen molar-refractivity contribution in [3.8, 4) is 17.0 Å². The van der Waals surface area contributed by atoms with Crippen molar-refractivity contribution in [2.75, 3.05) is 0 Å². The standard InChI is InChI=1S/C18H17ClN4O3/c1-3-12-4-5-16(14(19)6-12)26-18(25)10-23-9-13(8-20-23)15-7-17(24)22-11(2)21-15/h4-9H,3,10H2,1-2H3,(H,21,22,24). The fraction of sp³-hybridized carbons (Fsp3) is 0.222. The van der Waals surface area contributed by atoms with E-state index in [1.807, 2.05) is 13.0 Å². The van der Waals surface area contributed by atoms with E-state index in [9.17, 15) is 9.59 Å². The van der Waals surface area contributed by atoms with E-state index < -0.39 is 5.97 Å². The molecule has 2 heterocycles. The summed E-state index contributed by atoms with van der Waals surface area (Å²) in [6, 6.07) is 6.69. The molecule has 0 fully saturated rings. The van der Waals surface area contributed by atoms with Crippen molar-refractivity contribution in [3.63, 3.8) is 0 Å². The largest absolute Gasteiger partial charge is 0.424 e. The summed E-state index contributed by atoms with van der Waals surface area (Å²) in [5.41, 5.74) is 1.94. The Morgan fingerprint density at radius 2 is 2.15 bits per heavy atom. The quantitative estimate of drug-likeness (QED) is 0.549. The maximum absolute atomic E-state index is 12.1. The van der Waals surface area contributed by atoms with Crippen LogP contribution >= 0.6 is 11.6 Å². The maximum atomic E-state index is 12.1. The van der Waals surface area contributed by atoms with Gasteiger partial charge in [-0.2, -0.15) is 5.10 Å². The molecule has 0 saturated heterocycles. The van der Waals surface area contributed by atoms with Gasteiger partial charge >= 0.3 is 5.97 Å². The van der Waals surface area contributed by atoms with Gasteiger partial charge in [-0.05, 0) is 31.0 Å². The Kier molecular flexibility index (Phi) is 5.18. The van der Waals surface area contributed by atoms with Crippen molar-refractivity contribution < 1.29 is 9.53 Å². The van der Waals surface area contributed by atoms with Crippen LogP contribution in [0.5, 0.6) is 5.75 Å². The zero-order valence-corrected chi connectivity index (χ0v) is 15.1. The first-order valence-corrected chi connectivity index (χ1v) is 8.42. The summed E-state index contributed by atoms with van der Waals surface area (Å²) in [7, 11) is 0. The highest BCUT2D eigenvalue weighted by atomic mass is 35.5. The fourth-order valence-corrected chi connectivity index (χ4v) is 2.69. The predicted molar refractivity (Wildman–Crippen MR) is 97.3 cm³/mol. The van der Waals surface area contributed by atoms with E-state index in [1.165, 1.54) is 16.9 Å². The van der Waals surface area contributed by atoms with Crippen molar-refractivity contribution in [2.45, 2.75) is 26.8 Å². The van der Waals surface area contributed by atoms with E-state index in [-0.39, 0.29) is 12.1 Å². The third-order valence-corrected chi connectivity index (χ3v) is 4.00. The molecule has 0 bridgehead atoms. The van der Waals surface area contributed by atoms with Gasteiger partial charge in [0.15, 0.2) is 0 Å².